The van der Waals surface area contributed by atoms with Gasteiger partial charge < -0.3 is 26.4 Å². The maximum atomic E-state index is 11.3. The Kier molecular flexibility index (Phi) is 4.29. The molecule has 0 saturated heterocycles. The smallest absolute Gasteiger partial charge is 0.262 e. The minimum atomic E-state index is -0.199. The third-order valence-corrected chi connectivity index (χ3v) is 2.83. The monoisotopic (exact) mass is 278 g/mol. The summed E-state index contributed by atoms with van der Waals surface area (Å²) in [6.07, 6.45) is 0.354. The van der Waals surface area contributed by atoms with Crippen molar-refractivity contribution in [2.75, 3.05) is 36.1 Å². The maximum Gasteiger partial charge on any atom is 0.262 e. The zero-order valence-electron chi connectivity index (χ0n) is 11.3. The third-order valence-electron chi connectivity index (χ3n) is 2.83. The number of hydrogen-bond donors (Lipinski definition) is 4. The van der Waals surface area contributed by atoms with Gasteiger partial charge in [-0.05, 0) is 13.0 Å². The summed E-state index contributed by atoms with van der Waals surface area (Å²) in [5.41, 5.74) is 7.65. The molecule has 0 unspecified atom stereocenters. The molecule has 0 atom stereocenters. The summed E-state index contributed by atoms with van der Waals surface area (Å²) >= 11 is 0. The number of nitrogens with one attached hydrogen (secondary N) is 3. The zero-order chi connectivity index (χ0) is 14.5. The van der Waals surface area contributed by atoms with Crippen LogP contribution in [0.5, 0.6) is 5.75 Å². The van der Waals surface area contributed by atoms with E-state index in [0.717, 1.165) is 0 Å². The molecule has 0 spiro atoms. The summed E-state index contributed by atoms with van der Waals surface area (Å²) in [5, 5.41) is 8.50. The number of nitrogen functional groups attached to an aromatic ring is 1. The molecule has 2 amide bonds. The van der Waals surface area contributed by atoms with Crippen LogP contribution in [-0.4, -0.2) is 31.5 Å². The molecule has 0 radical (unpaired) electrons. The Morgan fingerprint density at radius 1 is 1.50 bits per heavy atom. The van der Waals surface area contributed by atoms with Crippen LogP contribution >= 0.6 is 0 Å². The van der Waals surface area contributed by atoms with Crippen LogP contribution in [-0.2, 0) is 9.59 Å². The second-order valence-electron chi connectivity index (χ2n) is 4.40. The Labute approximate surface area is 116 Å². The van der Waals surface area contributed by atoms with Crippen LogP contribution in [0.4, 0.5) is 17.1 Å². The summed E-state index contributed by atoms with van der Waals surface area (Å²) < 4.78 is 5.26. The van der Waals surface area contributed by atoms with Gasteiger partial charge >= 0.3 is 0 Å². The van der Waals surface area contributed by atoms with E-state index >= 15 is 0 Å². The quantitative estimate of drug-likeness (QED) is 0.588. The predicted octanol–water partition coefficient (Wildman–Crippen LogP) is 0.538. The van der Waals surface area contributed by atoms with Gasteiger partial charge in [0.05, 0.1) is 17.1 Å². The Morgan fingerprint density at radius 3 is 3.05 bits per heavy atom. The van der Waals surface area contributed by atoms with Gasteiger partial charge in [0.1, 0.15) is 5.75 Å². The van der Waals surface area contributed by atoms with Crippen LogP contribution in [0.15, 0.2) is 12.1 Å². The van der Waals surface area contributed by atoms with Gasteiger partial charge in [-0.3, -0.25) is 9.59 Å². The number of carbonyl (C=O) groups excluding carboxylic acids is 2. The van der Waals surface area contributed by atoms with Gasteiger partial charge in [-0.25, -0.2) is 0 Å². The van der Waals surface area contributed by atoms with Crippen molar-refractivity contribution in [1.82, 2.24) is 5.32 Å². The van der Waals surface area contributed by atoms with E-state index in [-0.39, 0.29) is 18.4 Å². The molecule has 0 aromatic heterocycles. The van der Waals surface area contributed by atoms with Gasteiger partial charge in [0.15, 0.2) is 6.61 Å². The molecule has 0 bridgehead atoms. The molecule has 0 fully saturated rings. The maximum absolute atomic E-state index is 11.3. The summed E-state index contributed by atoms with van der Waals surface area (Å²) in [7, 11) is 0. The molecule has 5 N–H and O–H groups in total. The van der Waals surface area contributed by atoms with Crippen molar-refractivity contribution in [3.8, 4) is 5.75 Å². The fourth-order valence-electron chi connectivity index (χ4n) is 1.89. The number of carbonyl (C=O) groups is 2. The summed E-state index contributed by atoms with van der Waals surface area (Å²) in [5.74, 6) is 0.333. The number of hydrogen-bond acceptors (Lipinski definition) is 5. The normalized spacial score (nSPS) is 12.9. The number of benzene rings is 1. The van der Waals surface area contributed by atoms with E-state index in [1.807, 2.05) is 6.92 Å². The fraction of sp³-hybridized carbons (Fsp3) is 0.385. The molecule has 1 aromatic rings. The van der Waals surface area contributed by atoms with E-state index in [1.165, 1.54) is 0 Å². The van der Waals surface area contributed by atoms with Crippen LogP contribution in [0.2, 0.25) is 0 Å². The summed E-state index contributed by atoms with van der Waals surface area (Å²) in [6.45, 7) is 2.94. The van der Waals surface area contributed by atoms with Crippen LogP contribution in [0.3, 0.4) is 0 Å². The van der Waals surface area contributed by atoms with Crippen molar-refractivity contribution >= 4 is 28.9 Å². The third kappa shape index (κ3) is 3.31. The Balaban J connectivity index is 2.00. The highest BCUT2D eigenvalue weighted by Gasteiger charge is 2.17. The standard InChI is InChI=1S/C13H18N4O3/c1-2-15-12(18)3-4-16-9-6-10-11(5-8(9)14)20-7-13(19)17-10/h5-6,16H,2-4,7,14H2,1H3,(H,15,18)(H,17,19). The second kappa shape index (κ2) is 6.14. The molecule has 2 rings (SSSR count). The highest BCUT2D eigenvalue weighted by atomic mass is 16.5. The first kappa shape index (κ1) is 14.0. The number of fused-ring (bicyclic) bond motifs is 1. The highest BCUT2D eigenvalue weighted by Crippen LogP contribution is 2.35. The van der Waals surface area contributed by atoms with E-state index in [2.05, 4.69) is 16.0 Å². The van der Waals surface area contributed by atoms with E-state index in [4.69, 9.17) is 10.5 Å². The lowest BCUT2D eigenvalue weighted by atomic mass is 10.2. The number of nitrogens with two attached hydrogens (primary N) is 1. The number of anilines is 3. The Hall–Kier alpha value is -2.44. The molecule has 7 nitrogen and oxygen atoms in total. The SMILES string of the molecule is CCNC(=O)CCNc1cc2c(cc1N)OCC(=O)N2. The number of ether oxygens (including phenoxy) is 1. The van der Waals surface area contributed by atoms with Crippen LogP contribution < -0.4 is 26.4 Å². The molecule has 1 aliphatic rings. The average Bonchev–Trinajstić information content (AvgIpc) is 2.40. The van der Waals surface area contributed by atoms with Crippen LogP contribution in [0.1, 0.15) is 13.3 Å². The summed E-state index contributed by atoms with van der Waals surface area (Å²) in [4.78, 5) is 22.6. The zero-order valence-corrected chi connectivity index (χ0v) is 11.3. The predicted molar refractivity (Wildman–Crippen MR) is 76.8 cm³/mol. The Morgan fingerprint density at radius 2 is 2.30 bits per heavy atom. The lowest BCUT2D eigenvalue weighted by Crippen LogP contribution is -2.26. The minimum Gasteiger partial charge on any atom is -0.482 e. The minimum absolute atomic E-state index is 0.00357. The fourth-order valence-corrected chi connectivity index (χ4v) is 1.89. The van der Waals surface area contributed by atoms with Gasteiger partial charge in [-0.2, -0.15) is 0 Å². The van der Waals surface area contributed by atoms with Crippen LogP contribution in [0.25, 0.3) is 0 Å². The lowest BCUT2D eigenvalue weighted by molar-refractivity contribution is -0.121. The molecular formula is C13H18N4O3. The second-order valence-corrected chi connectivity index (χ2v) is 4.40. The molecule has 108 valence electrons. The molecule has 1 aromatic carbocycles. The first-order valence-electron chi connectivity index (χ1n) is 6.47. The van der Waals surface area contributed by atoms with Crippen molar-refractivity contribution in [3.05, 3.63) is 12.1 Å². The van der Waals surface area contributed by atoms with Crippen molar-refractivity contribution in [3.63, 3.8) is 0 Å². The molecular weight excluding hydrogens is 260 g/mol. The van der Waals surface area contributed by atoms with Crippen molar-refractivity contribution in [2.24, 2.45) is 0 Å². The van der Waals surface area contributed by atoms with Gasteiger partial charge in [0.2, 0.25) is 5.91 Å². The van der Waals surface area contributed by atoms with Gasteiger partial charge in [0, 0.05) is 25.6 Å². The van der Waals surface area contributed by atoms with E-state index in [1.54, 1.807) is 12.1 Å². The molecule has 0 aliphatic carbocycles. The van der Waals surface area contributed by atoms with Gasteiger partial charge in [-0.15, -0.1) is 0 Å². The topological polar surface area (TPSA) is 105 Å². The first-order chi connectivity index (χ1) is 9.60. The van der Waals surface area contributed by atoms with Gasteiger partial charge in [0.25, 0.3) is 5.91 Å². The van der Waals surface area contributed by atoms with Crippen molar-refractivity contribution < 1.29 is 14.3 Å². The summed E-state index contributed by atoms with van der Waals surface area (Å²) in [6, 6.07) is 3.36. The Bertz CT molecular complexity index is 531. The molecule has 20 heavy (non-hydrogen) atoms. The van der Waals surface area contributed by atoms with E-state index in [0.29, 0.717) is 42.3 Å². The molecule has 1 heterocycles. The van der Waals surface area contributed by atoms with Crippen LogP contribution in [0, 0.1) is 0 Å². The largest absolute Gasteiger partial charge is 0.482 e. The molecule has 7 heteroatoms. The van der Waals surface area contributed by atoms with Crippen molar-refractivity contribution in [2.45, 2.75) is 13.3 Å². The number of rotatable bonds is 5. The van der Waals surface area contributed by atoms with E-state index < -0.39 is 0 Å². The highest BCUT2D eigenvalue weighted by molar-refractivity contribution is 5.97. The molecule has 1 aliphatic heterocycles. The first-order valence-corrected chi connectivity index (χ1v) is 6.47. The average molecular weight is 278 g/mol. The lowest BCUT2D eigenvalue weighted by Gasteiger charge is -2.20. The molecule has 0 saturated carbocycles. The van der Waals surface area contributed by atoms with Crippen molar-refractivity contribution in [1.29, 1.82) is 0 Å². The van der Waals surface area contributed by atoms with E-state index in [9.17, 15) is 9.59 Å². The number of amides is 2. The van der Waals surface area contributed by atoms with Gasteiger partial charge in [-0.1, -0.05) is 0 Å².